The standard InChI is InChI=1S/C17H17BrO/c18-16-7-2-1-6-15(16)17(19)11-12-8-9-13-4-3-5-14(13)10-12/h1-2,6-10,17,19H,3-5,11H2. The molecule has 2 heteroatoms. The van der Waals surface area contributed by atoms with Gasteiger partial charge >= 0.3 is 0 Å². The fourth-order valence-corrected chi connectivity index (χ4v) is 3.38. The molecule has 0 spiro atoms. The van der Waals surface area contributed by atoms with Crippen LogP contribution >= 0.6 is 15.9 Å². The van der Waals surface area contributed by atoms with Crippen molar-refractivity contribution in [3.05, 3.63) is 69.2 Å². The van der Waals surface area contributed by atoms with Gasteiger partial charge in [0.25, 0.3) is 0 Å². The highest BCUT2D eigenvalue weighted by Gasteiger charge is 2.14. The molecule has 0 radical (unpaired) electrons. The van der Waals surface area contributed by atoms with Crippen molar-refractivity contribution < 1.29 is 5.11 Å². The van der Waals surface area contributed by atoms with E-state index in [0.717, 1.165) is 10.0 Å². The van der Waals surface area contributed by atoms with E-state index in [1.165, 1.54) is 36.0 Å². The van der Waals surface area contributed by atoms with Gasteiger partial charge in [0.2, 0.25) is 0 Å². The second-order valence-corrected chi connectivity index (χ2v) is 6.05. The highest BCUT2D eigenvalue weighted by Crippen LogP contribution is 2.28. The van der Waals surface area contributed by atoms with Gasteiger partial charge in [0, 0.05) is 10.9 Å². The van der Waals surface area contributed by atoms with Crippen LogP contribution in [0.1, 0.15) is 34.8 Å². The SMILES string of the molecule is OC(Cc1ccc2c(c1)CCC2)c1ccccc1Br. The lowest BCUT2D eigenvalue weighted by atomic mass is 9.98. The van der Waals surface area contributed by atoms with Crippen LogP contribution in [-0.2, 0) is 19.3 Å². The van der Waals surface area contributed by atoms with Gasteiger partial charge in [-0.1, -0.05) is 52.3 Å². The normalized spacial score (nSPS) is 15.3. The van der Waals surface area contributed by atoms with Crippen molar-refractivity contribution in [2.45, 2.75) is 31.8 Å². The van der Waals surface area contributed by atoms with E-state index in [0.29, 0.717) is 6.42 Å². The number of hydrogen-bond acceptors (Lipinski definition) is 1. The third-order valence-corrected chi connectivity index (χ3v) is 4.58. The van der Waals surface area contributed by atoms with E-state index >= 15 is 0 Å². The van der Waals surface area contributed by atoms with Crippen molar-refractivity contribution in [1.82, 2.24) is 0 Å². The van der Waals surface area contributed by atoms with Gasteiger partial charge in [0.15, 0.2) is 0 Å². The Kier molecular flexibility index (Phi) is 3.72. The van der Waals surface area contributed by atoms with Crippen LogP contribution in [0, 0.1) is 0 Å². The van der Waals surface area contributed by atoms with E-state index < -0.39 is 6.10 Å². The monoisotopic (exact) mass is 316 g/mol. The zero-order valence-electron chi connectivity index (χ0n) is 10.8. The molecule has 1 unspecified atom stereocenters. The number of fused-ring (bicyclic) bond motifs is 1. The molecule has 0 saturated carbocycles. The molecule has 0 aliphatic heterocycles. The Labute approximate surface area is 122 Å². The first-order valence-corrected chi connectivity index (χ1v) is 7.56. The van der Waals surface area contributed by atoms with Crippen LogP contribution in [0.5, 0.6) is 0 Å². The van der Waals surface area contributed by atoms with Crippen molar-refractivity contribution >= 4 is 15.9 Å². The van der Waals surface area contributed by atoms with Gasteiger partial charge in [-0.2, -0.15) is 0 Å². The molecule has 19 heavy (non-hydrogen) atoms. The summed E-state index contributed by atoms with van der Waals surface area (Å²) < 4.78 is 0.976. The van der Waals surface area contributed by atoms with Gasteiger partial charge in [-0.3, -0.25) is 0 Å². The summed E-state index contributed by atoms with van der Waals surface area (Å²) in [5.74, 6) is 0. The molecule has 0 fully saturated rings. The van der Waals surface area contributed by atoms with Crippen LogP contribution in [0.25, 0.3) is 0 Å². The molecule has 1 aliphatic carbocycles. The Bertz CT molecular complexity index is 592. The number of aliphatic hydroxyl groups excluding tert-OH is 1. The molecule has 1 aliphatic rings. The van der Waals surface area contributed by atoms with E-state index in [4.69, 9.17) is 0 Å². The minimum absolute atomic E-state index is 0.449. The summed E-state index contributed by atoms with van der Waals surface area (Å²) in [5, 5.41) is 10.4. The molecule has 1 N–H and O–H groups in total. The van der Waals surface area contributed by atoms with Gasteiger partial charge < -0.3 is 5.11 Å². The maximum absolute atomic E-state index is 10.4. The highest BCUT2D eigenvalue weighted by atomic mass is 79.9. The summed E-state index contributed by atoms with van der Waals surface area (Å²) in [4.78, 5) is 0. The van der Waals surface area contributed by atoms with Crippen LogP contribution in [0.2, 0.25) is 0 Å². The van der Waals surface area contributed by atoms with Crippen LogP contribution in [0.15, 0.2) is 46.9 Å². The lowest BCUT2D eigenvalue weighted by molar-refractivity contribution is 0.177. The average Bonchev–Trinajstić information content (AvgIpc) is 2.86. The van der Waals surface area contributed by atoms with Crippen LogP contribution in [-0.4, -0.2) is 5.11 Å². The van der Waals surface area contributed by atoms with Gasteiger partial charge in [-0.15, -0.1) is 0 Å². The molecule has 3 rings (SSSR count). The summed E-state index contributed by atoms with van der Waals surface area (Å²) in [6.45, 7) is 0. The quantitative estimate of drug-likeness (QED) is 0.899. The molecule has 0 heterocycles. The summed E-state index contributed by atoms with van der Waals surface area (Å²) in [6, 6.07) is 14.5. The maximum atomic E-state index is 10.4. The molecular weight excluding hydrogens is 300 g/mol. The zero-order valence-corrected chi connectivity index (χ0v) is 12.4. The first-order chi connectivity index (χ1) is 9.24. The second kappa shape index (κ2) is 5.48. The predicted octanol–water partition coefficient (Wildman–Crippen LogP) is 4.21. The highest BCUT2D eigenvalue weighted by molar-refractivity contribution is 9.10. The fourth-order valence-electron chi connectivity index (χ4n) is 2.83. The van der Waals surface area contributed by atoms with Crippen LogP contribution in [0.4, 0.5) is 0 Å². The minimum atomic E-state index is -0.449. The Hall–Kier alpha value is -1.12. The van der Waals surface area contributed by atoms with E-state index in [9.17, 15) is 5.11 Å². The minimum Gasteiger partial charge on any atom is -0.388 e. The molecule has 0 bridgehead atoms. The summed E-state index contributed by atoms with van der Waals surface area (Å²) >= 11 is 3.50. The number of rotatable bonds is 3. The first kappa shape index (κ1) is 12.9. The summed E-state index contributed by atoms with van der Waals surface area (Å²) in [7, 11) is 0. The number of benzene rings is 2. The second-order valence-electron chi connectivity index (χ2n) is 5.20. The molecule has 1 atom stereocenters. The van der Waals surface area contributed by atoms with Gasteiger partial charge in [0.05, 0.1) is 6.10 Å². The third-order valence-electron chi connectivity index (χ3n) is 3.86. The fraction of sp³-hybridized carbons (Fsp3) is 0.294. The number of hydrogen-bond donors (Lipinski definition) is 1. The smallest absolute Gasteiger partial charge is 0.0841 e. The van der Waals surface area contributed by atoms with E-state index in [1.54, 1.807) is 0 Å². The molecular formula is C17H17BrO. The summed E-state index contributed by atoms with van der Waals surface area (Å²) in [5.41, 5.74) is 5.14. The molecule has 98 valence electrons. The van der Waals surface area contributed by atoms with Crippen LogP contribution in [0.3, 0.4) is 0 Å². The van der Waals surface area contributed by atoms with Crippen molar-refractivity contribution in [2.75, 3.05) is 0 Å². The van der Waals surface area contributed by atoms with E-state index in [2.05, 4.69) is 34.1 Å². The third kappa shape index (κ3) is 2.75. The molecule has 2 aromatic carbocycles. The molecule has 0 amide bonds. The van der Waals surface area contributed by atoms with E-state index in [1.807, 2.05) is 24.3 Å². The molecule has 1 nitrogen and oxygen atoms in total. The van der Waals surface area contributed by atoms with Crippen molar-refractivity contribution in [2.24, 2.45) is 0 Å². The van der Waals surface area contributed by atoms with Crippen LogP contribution < -0.4 is 0 Å². The number of aliphatic hydroxyl groups is 1. The largest absolute Gasteiger partial charge is 0.388 e. The first-order valence-electron chi connectivity index (χ1n) is 6.77. The van der Waals surface area contributed by atoms with Crippen molar-refractivity contribution in [3.8, 4) is 0 Å². The Morgan fingerprint density at radius 3 is 2.68 bits per heavy atom. The lowest BCUT2D eigenvalue weighted by Gasteiger charge is -2.13. The topological polar surface area (TPSA) is 20.2 Å². The summed E-state index contributed by atoms with van der Waals surface area (Å²) in [6.07, 6.45) is 3.90. The maximum Gasteiger partial charge on any atom is 0.0841 e. The van der Waals surface area contributed by atoms with E-state index in [-0.39, 0.29) is 0 Å². The molecule has 0 aromatic heterocycles. The van der Waals surface area contributed by atoms with Gasteiger partial charge in [-0.05, 0) is 47.6 Å². The molecule has 2 aromatic rings. The Morgan fingerprint density at radius 1 is 1.05 bits per heavy atom. The lowest BCUT2D eigenvalue weighted by Crippen LogP contribution is -2.03. The van der Waals surface area contributed by atoms with Gasteiger partial charge in [-0.25, -0.2) is 0 Å². The Morgan fingerprint density at radius 2 is 1.84 bits per heavy atom. The Balaban J connectivity index is 1.80. The molecule has 0 saturated heterocycles. The number of halogens is 1. The van der Waals surface area contributed by atoms with Gasteiger partial charge in [0.1, 0.15) is 0 Å². The predicted molar refractivity (Wildman–Crippen MR) is 81.3 cm³/mol. The average molecular weight is 317 g/mol. The zero-order chi connectivity index (χ0) is 13.2. The van der Waals surface area contributed by atoms with Crippen molar-refractivity contribution in [3.63, 3.8) is 0 Å². The number of aryl methyl sites for hydroxylation is 2. The van der Waals surface area contributed by atoms with Crippen molar-refractivity contribution in [1.29, 1.82) is 0 Å².